The number of carbonyl (C=O) groups excluding carboxylic acids is 1. The van der Waals surface area contributed by atoms with Crippen LogP contribution < -0.4 is 5.32 Å². The van der Waals surface area contributed by atoms with Gasteiger partial charge in [0, 0.05) is 12.5 Å². The Kier molecular flexibility index (Phi) is 3.83. The Morgan fingerprint density at radius 2 is 2.07 bits per heavy atom. The summed E-state index contributed by atoms with van der Waals surface area (Å²) in [6, 6.07) is 4.77. The van der Waals surface area contributed by atoms with Gasteiger partial charge in [-0.25, -0.2) is 4.39 Å². The lowest BCUT2D eigenvalue weighted by Crippen LogP contribution is -2.27. The SMILES string of the molecule is Cc1cc(F)cc(CNC(=O)C(C)C)c1. The lowest BCUT2D eigenvalue weighted by molar-refractivity contribution is -0.124. The van der Waals surface area contributed by atoms with E-state index in [9.17, 15) is 9.18 Å². The third-order valence-electron chi connectivity index (χ3n) is 2.09. The molecule has 3 heteroatoms. The van der Waals surface area contributed by atoms with Crippen molar-refractivity contribution in [1.29, 1.82) is 0 Å². The first kappa shape index (κ1) is 11.7. The molecule has 1 amide bonds. The van der Waals surface area contributed by atoms with Gasteiger partial charge >= 0.3 is 0 Å². The fourth-order valence-corrected chi connectivity index (χ4v) is 1.31. The number of aryl methyl sites for hydroxylation is 1. The maximum Gasteiger partial charge on any atom is 0.222 e. The van der Waals surface area contributed by atoms with Gasteiger partial charge in [-0.1, -0.05) is 19.9 Å². The van der Waals surface area contributed by atoms with Gasteiger partial charge in [0.1, 0.15) is 5.82 Å². The highest BCUT2D eigenvalue weighted by atomic mass is 19.1. The summed E-state index contributed by atoms with van der Waals surface area (Å²) in [5.74, 6) is -0.319. The third-order valence-corrected chi connectivity index (χ3v) is 2.09. The lowest BCUT2D eigenvalue weighted by atomic mass is 10.1. The number of hydrogen-bond acceptors (Lipinski definition) is 1. The van der Waals surface area contributed by atoms with Crippen LogP contribution in [0.25, 0.3) is 0 Å². The zero-order valence-electron chi connectivity index (χ0n) is 9.30. The largest absolute Gasteiger partial charge is 0.352 e. The first-order chi connectivity index (χ1) is 6.99. The molecule has 0 aliphatic rings. The molecule has 0 unspecified atom stereocenters. The molecule has 0 aliphatic carbocycles. The monoisotopic (exact) mass is 209 g/mol. The van der Waals surface area contributed by atoms with Gasteiger partial charge < -0.3 is 5.32 Å². The topological polar surface area (TPSA) is 29.1 Å². The molecule has 0 aliphatic heterocycles. The normalized spacial score (nSPS) is 10.5. The molecule has 1 aromatic carbocycles. The van der Waals surface area contributed by atoms with Crippen LogP contribution >= 0.6 is 0 Å². The average molecular weight is 209 g/mol. The van der Waals surface area contributed by atoms with E-state index in [4.69, 9.17) is 0 Å². The molecule has 0 heterocycles. The van der Waals surface area contributed by atoms with Gasteiger partial charge in [-0.05, 0) is 30.2 Å². The highest BCUT2D eigenvalue weighted by Gasteiger charge is 2.06. The first-order valence-electron chi connectivity index (χ1n) is 5.03. The van der Waals surface area contributed by atoms with Crippen LogP contribution in [0.15, 0.2) is 18.2 Å². The summed E-state index contributed by atoms with van der Waals surface area (Å²) in [5.41, 5.74) is 1.66. The Hall–Kier alpha value is -1.38. The number of carbonyl (C=O) groups is 1. The molecular formula is C12H16FNO. The standard InChI is InChI=1S/C12H16FNO/c1-8(2)12(15)14-7-10-4-9(3)5-11(13)6-10/h4-6,8H,7H2,1-3H3,(H,14,15). The lowest BCUT2D eigenvalue weighted by Gasteiger charge is -2.08. The molecule has 2 nitrogen and oxygen atoms in total. The Balaban J connectivity index is 2.61. The molecule has 0 aromatic heterocycles. The predicted molar refractivity (Wildman–Crippen MR) is 57.8 cm³/mol. The van der Waals surface area contributed by atoms with Crippen LogP contribution in [-0.4, -0.2) is 5.91 Å². The number of nitrogens with one attached hydrogen (secondary N) is 1. The molecule has 1 N–H and O–H groups in total. The molecule has 0 atom stereocenters. The van der Waals surface area contributed by atoms with Crippen molar-refractivity contribution in [1.82, 2.24) is 5.32 Å². The van der Waals surface area contributed by atoms with Crippen LogP contribution in [0.4, 0.5) is 4.39 Å². The van der Waals surface area contributed by atoms with Crippen molar-refractivity contribution in [3.8, 4) is 0 Å². The van der Waals surface area contributed by atoms with E-state index < -0.39 is 0 Å². The highest BCUT2D eigenvalue weighted by molar-refractivity contribution is 5.77. The second-order valence-corrected chi connectivity index (χ2v) is 4.01. The van der Waals surface area contributed by atoms with E-state index in [1.54, 1.807) is 0 Å². The fourth-order valence-electron chi connectivity index (χ4n) is 1.31. The van der Waals surface area contributed by atoms with Crippen molar-refractivity contribution < 1.29 is 9.18 Å². The van der Waals surface area contributed by atoms with Gasteiger partial charge in [-0.2, -0.15) is 0 Å². The van der Waals surface area contributed by atoms with E-state index in [1.165, 1.54) is 12.1 Å². The van der Waals surface area contributed by atoms with Crippen LogP contribution in [-0.2, 0) is 11.3 Å². The third kappa shape index (κ3) is 3.70. The summed E-state index contributed by atoms with van der Waals surface area (Å²) in [7, 11) is 0. The van der Waals surface area contributed by atoms with Gasteiger partial charge in [-0.15, -0.1) is 0 Å². The van der Waals surface area contributed by atoms with E-state index >= 15 is 0 Å². The first-order valence-corrected chi connectivity index (χ1v) is 5.03. The van der Waals surface area contributed by atoms with Gasteiger partial charge in [-0.3, -0.25) is 4.79 Å². The van der Waals surface area contributed by atoms with Gasteiger partial charge in [0.05, 0.1) is 0 Å². The number of benzene rings is 1. The Morgan fingerprint density at radius 3 is 2.60 bits per heavy atom. The molecule has 1 aromatic rings. The summed E-state index contributed by atoms with van der Waals surface area (Å²) >= 11 is 0. The summed E-state index contributed by atoms with van der Waals surface area (Å²) in [6.07, 6.45) is 0. The van der Waals surface area contributed by atoms with Crippen molar-refractivity contribution in [3.05, 3.63) is 35.1 Å². The second-order valence-electron chi connectivity index (χ2n) is 4.01. The van der Waals surface area contributed by atoms with Crippen molar-refractivity contribution in [2.75, 3.05) is 0 Å². The fraction of sp³-hybridized carbons (Fsp3) is 0.417. The smallest absolute Gasteiger partial charge is 0.222 e. The molecular weight excluding hydrogens is 193 g/mol. The predicted octanol–water partition coefficient (Wildman–Crippen LogP) is 2.41. The second kappa shape index (κ2) is 4.91. The van der Waals surface area contributed by atoms with Crippen molar-refractivity contribution in [3.63, 3.8) is 0 Å². The van der Waals surface area contributed by atoms with Crippen molar-refractivity contribution in [2.45, 2.75) is 27.3 Å². The molecule has 0 bridgehead atoms. The van der Waals surface area contributed by atoms with Crippen LogP contribution in [0, 0.1) is 18.7 Å². The molecule has 0 saturated carbocycles. The van der Waals surface area contributed by atoms with Gasteiger partial charge in [0.25, 0.3) is 0 Å². The molecule has 0 spiro atoms. The van der Waals surface area contributed by atoms with Crippen molar-refractivity contribution >= 4 is 5.91 Å². The van der Waals surface area contributed by atoms with Gasteiger partial charge in [0.15, 0.2) is 0 Å². The van der Waals surface area contributed by atoms with E-state index in [0.29, 0.717) is 6.54 Å². The Labute approximate surface area is 89.5 Å². The Morgan fingerprint density at radius 1 is 1.40 bits per heavy atom. The maximum absolute atomic E-state index is 13.0. The molecule has 0 saturated heterocycles. The summed E-state index contributed by atoms with van der Waals surface area (Å²) in [4.78, 5) is 11.3. The summed E-state index contributed by atoms with van der Waals surface area (Å²) in [5, 5.41) is 2.75. The molecule has 15 heavy (non-hydrogen) atoms. The Bertz CT molecular complexity index is 340. The van der Waals surface area contributed by atoms with E-state index in [0.717, 1.165) is 11.1 Å². The molecule has 1 rings (SSSR count). The van der Waals surface area contributed by atoms with E-state index in [2.05, 4.69) is 5.32 Å². The number of rotatable bonds is 3. The average Bonchev–Trinajstić information content (AvgIpc) is 2.12. The summed E-state index contributed by atoms with van der Waals surface area (Å²) in [6.45, 7) is 5.87. The summed E-state index contributed by atoms with van der Waals surface area (Å²) < 4.78 is 13.0. The van der Waals surface area contributed by atoms with Crippen LogP contribution in [0.5, 0.6) is 0 Å². The van der Waals surface area contributed by atoms with Gasteiger partial charge in [0.2, 0.25) is 5.91 Å². The van der Waals surface area contributed by atoms with Crippen LogP contribution in [0.1, 0.15) is 25.0 Å². The highest BCUT2D eigenvalue weighted by Crippen LogP contribution is 2.08. The minimum Gasteiger partial charge on any atom is -0.352 e. The zero-order chi connectivity index (χ0) is 11.4. The van der Waals surface area contributed by atoms with E-state index in [1.807, 2.05) is 26.8 Å². The number of hydrogen-bond donors (Lipinski definition) is 1. The van der Waals surface area contributed by atoms with E-state index in [-0.39, 0.29) is 17.6 Å². The minimum absolute atomic E-state index is 0.0167. The van der Waals surface area contributed by atoms with Crippen LogP contribution in [0.3, 0.4) is 0 Å². The van der Waals surface area contributed by atoms with Crippen LogP contribution in [0.2, 0.25) is 0 Å². The molecule has 0 fully saturated rings. The minimum atomic E-state index is -0.260. The number of amides is 1. The number of halogens is 1. The maximum atomic E-state index is 13.0. The molecule has 82 valence electrons. The molecule has 0 radical (unpaired) electrons. The zero-order valence-corrected chi connectivity index (χ0v) is 9.30. The van der Waals surface area contributed by atoms with Crippen molar-refractivity contribution in [2.24, 2.45) is 5.92 Å². The quantitative estimate of drug-likeness (QED) is 0.813.